The van der Waals surface area contributed by atoms with Crippen LogP contribution in [0.2, 0.25) is 5.02 Å². The molecule has 2 aromatic carbocycles. The molecule has 0 heterocycles. The zero-order valence-electron chi connectivity index (χ0n) is 13.1. The van der Waals surface area contributed by atoms with Crippen molar-refractivity contribution in [2.75, 3.05) is 18.4 Å². The summed E-state index contributed by atoms with van der Waals surface area (Å²) in [5.41, 5.74) is 0.231. The Morgan fingerprint density at radius 2 is 1.92 bits per heavy atom. The van der Waals surface area contributed by atoms with E-state index in [9.17, 15) is 13.2 Å². The third-order valence-electron chi connectivity index (χ3n) is 3.09. The Morgan fingerprint density at radius 1 is 1.21 bits per heavy atom. The molecule has 0 atom stereocenters. The van der Waals surface area contributed by atoms with Crippen LogP contribution in [0.15, 0.2) is 47.4 Å². The van der Waals surface area contributed by atoms with Gasteiger partial charge in [-0.1, -0.05) is 23.7 Å². The number of para-hydroxylation sites is 1. The standard InChI is InChI=1S/C16H16ClNO5S/c1-3-23-15-9-8-11(10-13(15)17)24(20,21)18-14-7-5-4-6-12(14)16(19)22-2/h4-10,18H,3H2,1-2H3. The molecule has 8 heteroatoms. The third-order valence-corrected chi connectivity index (χ3v) is 4.75. The highest BCUT2D eigenvalue weighted by Gasteiger charge is 2.20. The minimum Gasteiger partial charge on any atom is -0.492 e. The molecule has 0 saturated heterocycles. The molecule has 0 fully saturated rings. The molecule has 0 spiro atoms. The molecule has 0 unspecified atom stereocenters. The summed E-state index contributed by atoms with van der Waals surface area (Å²) in [6.07, 6.45) is 0. The number of ether oxygens (including phenoxy) is 2. The van der Waals surface area contributed by atoms with Crippen molar-refractivity contribution in [1.82, 2.24) is 0 Å². The summed E-state index contributed by atoms with van der Waals surface area (Å²) in [5.74, 6) is -0.244. The van der Waals surface area contributed by atoms with E-state index in [2.05, 4.69) is 9.46 Å². The molecule has 2 rings (SSSR count). The lowest BCUT2D eigenvalue weighted by Gasteiger charge is -2.12. The molecule has 1 N–H and O–H groups in total. The molecule has 6 nitrogen and oxygen atoms in total. The van der Waals surface area contributed by atoms with Crippen molar-refractivity contribution in [1.29, 1.82) is 0 Å². The highest BCUT2D eigenvalue weighted by atomic mass is 35.5. The van der Waals surface area contributed by atoms with Crippen molar-refractivity contribution in [2.45, 2.75) is 11.8 Å². The zero-order valence-corrected chi connectivity index (χ0v) is 14.6. The number of esters is 1. The number of anilines is 1. The Hall–Kier alpha value is -2.25. The van der Waals surface area contributed by atoms with Gasteiger partial charge in [0.15, 0.2) is 0 Å². The van der Waals surface area contributed by atoms with Crippen LogP contribution in [-0.4, -0.2) is 28.1 Å². The first-order chi connectivity index (χ1) is 11.4. The molecule has 0 saturated carbocycles. The van der Waals surface area contributed by atoms with E-state index in [1.165, 1.54) is 37.4 Å². The number of nitrogens with one attached hydrogen (secondary N) is 1. The SMILES string of the molecule is CCOc1ccc(S(=O)(=O)Nc2ccccc2C(=O)OC)cc1Cl. The monoisotopic (exact) mass is 369 g/mol. The van der Waals surface area contributed by atoms with Gasteiger partial charge in [-0.05, 0) is 37.3 Å². The van der Waals surface area contributed by atoms with Gasteiger partial charge in [0.05, 0.1) is 34.9 Å². The van der Waals surface area contributed by atoms with Gasteiger partial charge in [-0.2, -0.15) is 0 Å². The highest BCUT2D eigenvalue weighted by molar-refractivity contribution is 7.92. The van der Waals surface area contributed by atoms with E-state index in [4.69, 9.17) is 16.3 Å². The van der Waals surface area contributed by atoms with Crippen LogP contribution in [-0.2, 0) is 14.8 Å². The smallest absolute Gasteiger partial charge is 0.339 e. The summed E-state index contributed by atoms with van der Waals surface area (Å²) in [7, 11) is -2.71. The maximum atomic E-state index is 12.5. The molecule has 0 amide bonds. The van der Waals surface area contributed by atoms with Gasteiger partial charge in [-0.3, -0.25) is 4.72 Å². The average molecular weight is 370 g/mol. The normalized spacial score (nSPS) is 11.0. The lowest BCUT2D eigenvalue weighted by atomic mass is 10.2. The van der Waals surface area contributed by atoms with Crippen molar-refractivity contribution in [3.8, 4) is 5.75 Å². The van der Waals surface area contributed by atoms with Crippen molar-refractivity contribution >= 4 is 33.3 Å². The Balaban J connectivity index is 2.36. The van der Waals surface area contributed by atoms with Crippen LogP contribution >= 0.6 is 11.6 Å². The van der Waals surface area contributed by atoms with Gasteiger partial charge < -0.3 is 9.47 Å². The van der Waals surface area contributed by atoms with Gasteiger partial charge in [0.2, 0.25) is 0 Å². The van der Waals surface area contributed by atoms with Gasteiger partial charge in [-0.25, -0.2) is 13.2 Å². The highest BCUT2D eigenvalue weighted by Crippen LogP contribution is 2.28. The third kappa shape index (κ3) is 3.98. The van der Waals surface area contributed by atoms with Gasteiger partial charge >= 0.3 is 5.97 Å². The van der Waals surface area contributed by atoms with Crippen LogP contribution in [0.5, 0.6) is 5.75 Å². The van der Waals surface area contributed by atoms with E-state index in [1.807, 2.05) is 0 Å². The lowest BCUT2D eigenvalue weighted by Crippen LogP contribution is -2.16. The van der Waals surface area contributed by atoms with Gasteiger partial charge in [-0.15, -0.1) is 0 Å². The maximum Gasteiger partial charge on any atom is 0.339 e. The molecule has 24 heavy (non-hydrogen) atoms. The Bertz CT molecular complexity index is 851. The van der Waals surface area contributed by atoms with E-state index in [0.29, 0.717) is 12.4 Å². The number of carbonyl (C=O) groups is 1. The van der Waals surface area contributed by atoms with Crippen LogP contribution in [0.3, 0.4) is 0 Å². The van der Waals surface area contributed by atoms with E-state index in [1.54, 1.807) is 19.1 Å². The maximum absolute atomic E-state index is 12.5. The predicted molar refractivity (Wildman–Crippen MR) is 91.2 cm³/mol. The first kappa shape index (κ1) is 18.1. The first-order valence-electron chi connectivity index (χ1n) is 7.01. The van der Waals surface area contributed by atoms with Crippen LogP contribution in [0.1, 0.15) is 17.3 Å². The quantitative estimate of drug-likeness (QED) is 0.790. The number of methoxy groups -OCH3 is 1. The molecule has 0 aliphatic rings. The van der Waals surface area contributed by atoms with Gasteiger partial charge in [0.25, 0.3) is 10.0 Å². The fourth-order valence-electron chi connectivity index (χ4n) is 1.99. The number of rotatable bonds is 6. The van der Waals surface area contributed by atoms with Gasteiger partial charge in [0, 0.05) is 0 Å². The summed E-state index contributed by atoms with van der Waals surface area (Å²) in [6, 6.07) is 10.3. The second-order valence-corrected chi connectivity index (χ2v) is 6.76. The van der Waals surface area contributed by atoms with Gasteiger partial charge in [0.1, 0.15) is 5.75 Å². The predicted octanol–water partition coefficient (Wildman–Crippen LogP) is 3.33. The average Bonchev–Trinajstić information content (AvgIpc) is 2.56. The fraction of sp³-hybridized carbons (Fsp3) is 0.188. The van der Waals surface area contributed by atoms with Crippen molar-refractivity contribution in [2.24, 2.45) is 0 Å². The number of hydrogen-bond acceptors (Lipinski definition) is 5. The summed E-state index contributed by atoms with van der Waals surface area (Å²) in [5, 5.41) is 0.181. The summed E-state index contributed by atoms with van der Waals surface area (Å²) >= 11 is 6.03. The summed E-state index contributed by atoms with van der Waals surface area (Å²) in [6.45, 7) is 2.21. The second kappa shape index (κ2) is 7.55. The van der Waals surface area contributed by atoms with E-state index < -0.39 is 16.0 Å². The summed E-state index contributed by atoms with van der Waals surface area (Å²) in [4.78, 5) is 11.7. The summed E-state index contributed by atoms with van der Waals surface area (Å²) < 4.78 is 37.3. The minimum atomic E-state index is -3.93. The topological polar surface area (TPSA) is 81.7 Å². The van der Waals surface area contributed by atoms with Crippen molar-refractivity contribution in [3.63, 3.8) is 0 Å². The fourth-order valence-corrected chi connectivity index (χ4v) is 3.39. The molecule has 0 aliphatic heterocycles. The van der Waals surface area contributed by atoms with Crippen LogP contribution < -0.4 is 9.46 Å². The molecule has 0 aliphatic carbocycles. The minimum absolute atomic E-state index is 0.0457. The second-order valence-electron chi connectivity index (χ2n) is 4.67. The molecule has 0 bridgehead atoms. The lowest BCUT2D eigenvalue weighted by molar-refractivity contribution is 0.0602. The molecular formula is C16H16ClNO5S. The van der Waals surface area contributed by atoms with Crippen molar-refractivity contribution < 1.29 is 22.7 Å². The number of hydrogen-bond donors (Lipinski definition) is 1. The number of carbonyl (C=O) groups excluding carboxylic acids is 1. The largest absolute Gasteiger partial charge is 0.492 e. The Morgan fingerprint density at radius 3 is 2.54 bits per heavy atom. The molecular weight excluding hydrogens is 354 g/mol. The Labute approximate surface area is 145 Å². The molecule has 2 aromatic rings. The molecule has 0 aromatic heterocycles. The number of halogens is 1. The zero-order chi connectivity index (χ0) is 17.7. The number of sulfonamides is 1. The molecule has 0 radical (unpaired) electrons. The first-order valence-corrected chi connectivity index (χ1v) is 8.87. The molecule has 128 valence electrons. The van der Waals surface area contributed by atoms with Crippen LogP contribution in [0.25, 0.3) is 0 Å². The van der Waals surface area contributed by atoms with E-state index in [0.717, 1.165) is 0 Å². The van der Waals surface area contributed by atoms with E-state index in [-0.39, 0.29) is 21.2 Å². The van der Waals surface area contributed by atoms with Crippen LogP contribution in [0, 0.1) is 0 Å². The van der Waals surface area contributed by atoms with Crippen LogP contribution in [0.4, 0.5) is 5.69 Å². The Kier molecular flexibility index (Phi) is 5.69. The van der Waals surface area contributed by atoms with Crippen molar-refractivity contribution in [3.05, 3.63) is 53.1 Å². The van der Waals surface area contributed by atoms with E-state index >= 15 is 0 Å². The number of benzene rings is 2.